The summed E-state index contributed by atoms with van der Waals surface area (Å²) in [5.41, 5.74) is 2.04. The van der Waals surface area contributed by atoms with Gasteiger partial charge in [-0.1, -0.05) is 25.0 Å². The molecule has 0 saturated heterocycles. The zero-order chi connectivity index (χ0) is 10.7. The molecule has 0 bridgehead atoms. The lowest BCUT2D eigenvalue weighted by Crippen LogP contribution is -2.37. The van der Waals surface area contributed by atoms with Crippen molar-refractivity contribution in [3.05, 3.63) is 12.2 Å². The van der Waals surface area contributed by atoms with E-state index in [4.69, 9.17) is 0 Å². The highest BCUT2D eigenvalue weighted by Gasteiger charge is 2.37. The molecule has 2 rings (SSSR count). The molecule has 2 aliphatic carbocycles. The molecule has 15 heavy (non-hydrogen) atoms. The van der Waals surface area contributed by atoms with Gasteiger partial charge in [0.2, 0.25) is 0 Å². The molecule has 0 heterocycles. The van der Waals surface area contributed by atoms with E-state index in [0.717, 1.165) is 18.0 Å². The maximum atomic E-state index is 3.95. The highest BCUT2D eigenvalue weighted by atomic mass is 14.9. The fourth-order valence-corrected chi connectivity index (χ4v) is 3.38. The second kappa shape index (κ2) is 4.69. The Morgan fingerprint density at radius 1 is 1.20 bits per heavy atom. The van der Waals surface area contributed by atoms with E-state index in [-0.39, 0.29) is 0 Å². The first kappa shape index (κ1) is 11.2. The monoisotopic (exact) mass is 207 g/mol. The zero-order valence-electron chi connectivity index (χ0n) is 10.1. The summed E-state index contributed by atoms with van der Waals surface area (Å²) in [5, 5.41) is 3.63. The van der Waals surface area contributed by atoms with Crippen LogP contribution in [0.1, 0.15) is 58.3 Å². The molecule has 1 nitrogen and oxygen atoms in total. The van der Waals surface area contributed by atoms with Gasteiger partial charge in [0.1, 0.15) is 0 Å². The van der Waals surface area contributed by atoms with Crippen molar-refractivity contribution >= 4 is 0 Å². The first-order valence-corrected chi connectivity index (χ1v) is 6.58. The van der Waals surface area contributed by atoms with Crippen LogP contribution in [-0.2, 0) is 0 Å². The average molecular weight is 207 g/mol. The first-order chi connectivity index (χ1) is 7.20. The van der Waals surface area contributed by atoms with Gasteiger partial charge in [0.15, 0.2) is 0 Å². The van der Waals surface area contributed by atoms with Crippen LogP contribution in [0.15, 0.2) is 12.2 Å². The van der Waals surface area contributed by atoms with E-state index in [0.29, 0.717) is 0 Å². The first-order valence-electron chi connectivity index (χ1n) is 6.58. The van der Waals surface area contributed by atoms with Crippen molar-refractivity contribution in [3.8, 4) is 0 Å². The van der Waals surface area contributed by atoms with Crippen LogP contribution in [0.2, 0.25) is 0 Å². The van der Waals surface area contributed by atoms with E-state index < -0.39 is 0 Å². The molecule has 0 atom stereocenters. The van der Waals surface area contributed by atoms with Gasteiger partial charge in [-0.05, 0) is 50.9 Å². The molecular formula is C14H25N. The Kier molecular flexibility index (Phi) is 3.50. The molecular weight excluding hydrogens is 182 g/mol. The third kappa shape index (κ3) is 2.84. The Bertz CT molecular complexity index is 215. The standard InChI is InChI=1S/C14H25N/c1-12(2)11-15-13-5-9-14(10-6-13)7-3-4-8-14/h13,15H,1,3-11H2,2H3. The Morgan fingerprint density at radius 3 is 2.33 bits per heavy atom. The molecule has 1 N–H and O–H groups in total. The molecule has 2 saturated carbocycles. The summed E-state index contributed by atoms with van der Waals surface area (Å²) in [6.07, 6.45) is 11.7. The van der Waals surface area contributed by atoms with Crippen molar-refractivity contribution < 1.29 is 0 Å². The van der Waals surface area contributed by atoms with E-state index in [1.165, 1.54) is 56.9 Å². The van der Waals surface area contributed by atoms with Crippen LogP contribution in [-0.4, -0.2) is 12.6 Å². The van der Waals surface area contributed by atoms with Crippen molar-refractivity contribution in [2.75, 3.05) is 6.54 Å². The van der Waals surface area contributed by atoms with Crippen LogP contribution < -0.4 is 5.32 Å². The zero-order valence-corrected chi connectivity index (χ0v) is 10.1. The summed E-state index contributed by atoms with van der Waals surface area (Å²) < 4.78 is 0. The molecule has 0 aliphatic heterocycles. The van der Waals surface area contributed by atoms with E-state index in [9.17, 15) is 0 Å². The van der Waals surface area contributed by atoms with E-state index in [1.54, 1.807) is 0 Å². The number of rotatable bonds is 3. The van der Waals surface area contributed by atoms with Crippen molar-refractivity contribution in [3.63, 3.8) is 0 Å². The number of nitrogens with one attached hydrogen (secondary N) is 1. The summed E-state index contributed by atoms with van der Waals surface area (Å²) in [6.45, 7) is 7.06. The van der Waals surface area contributed by atoms with Crippen molar-refractivity contribution in [2.24, 2.45) is 5.41 Å². The maximum absolute atomic E-state index is 3.95. The van der Waals surface area contributed by atoms with Gasteiger partial charge < -0.3 is 5.32 Å². The van der Waals surface area contributed by atoms with E-state index >= 15 is 0 Å². The molecule has 0 radical (unpaired) electrons. The maximum Gasteiger partial charge on any atom is 0.0161 e. The summed E-state index contributed by atoms with van der Waals surface area (Å²) in [7, 11) is 0. The summed E-state index contributed by atoms with van der Waals surface area (Å²) in [4.78, 5) is 0. The Balaban J connectivity index is 1.74. The van der Waals surface area contributed by atoms with Crippen LogP contribution >= 0.6 is 0 Å². The molecule has 0 aromatic carbocycles. The van der Waals surface area contributed by atoms with Gasteiger partial charge in [-0.3, -0.25) is 0 Å². The fraction of sp³-hybridized carbons (Fsp3) is 0.857. The summed E-state index contributed by atoms with van der Waals surface area (Å²) in [5.74, 6) is 0. The minimum atomic E-state index is 0.771. The normalized spacial score (nSPS) is 25.9. The van der Waals surface area contributed by atoms with Gasteiger partial charge in [-0.2, -0.15) is 0 Å². The second-order valence-electron chi connectivity index (χ2n) is 5.82. The van der Waals surface area contributed by atoms with Crippen LogP contribution in [0, 0.1) is 5.41 Å². The Morgan fingerprint density at radius 2 is 1.80 bits per heavy atom. The molecule has 0 aromatic rings. The topological polar surface area (TPSA) is 12.0 Å². The Labute approximate surface area is 94.3 Å². The van der Waals surface area contributed by atoms with E-state index in [1.807, 2.05) is 0 Å². The SMILES string of the molecule is C=C(C)CNC1CCC2(CCCC2)CC1. The van der Waals surface area contributed by atoms with Gasteiger partial charge in [0, 0.05) is 12.6 Å². The lowest BCUT2D eigenvalue weighted by molar-refractivity contribution is 0.170. The predicted octanol–water partition coefficient (Wildman–Crippen LogP) is 3.66. The van der Waals surface area contributed by atoms with Gasteiger partial charge >= 0.3 is 0 Å². The molecule has 1 spiro atoms. The minimum Gasteiger partial charge on any atom is -0.310 e. The molecule has 0 unspecified atom stereocenters. The smallest absolute Gasteiger partial charge is 0.0161 e. The van der Waals surface area contributed by atoms with Crippen molar-refractivity contribution in [2.45, 2.75) is 64.3 Å². The molecule has 0 aromatic heterocycles. The summed E-state index contributed by atoms with van der Waals surface area (Å²) in [6, 6.07) is 0.771. The lowest BCUT2D eigenvalue weighted by atomic mass is 9.71. The quantitative estimate of drug-likeness (QED) is 0.696. The van der Waals surface area contributed by atoms with Gasteiger partial charge in [0.25, 0.3) is 0 Å². The van der Waals surface area contributed by atoms with Crippen LogP contribution in [0.4, 0.5) is 0 Å². The van der Waals surface area contributed by atoms with Crippen LogP contribution in [0.5, 0.6) is 0 Å². The molecule has 1 heteroatoms. The predicted molar refractivity (Wildman–Crippen MR) is 66.0 cm³/mol. The highest BCUT2D eigenvalue weighted by Crippen LogP contribution is 2.48. The fourth-order valence-electron chi connectivity index (χ4n) is 3.38. The largest absolute Gasteiger partial charge is 0.310 e. The molecule has 2 aliphatic rings. The van der Waals surface area contributed by atoms with Crippen molar-refractivity contribution in [1.82, 2.24) is 5.32 Å². The van der Waals surface area contributed by atoms with Gasteiger partial charge in [-0.25, -0.2) is 0 Å². The second-order valence-corrected chi connectivity index (χ2v) is 5.82. The van der Waals surface area contributed by atoms with Crippen LogP contribution in [0.3, 0.4) is 0 Å². The minimum absolute atomic E-state index is 0.771. The van der Waals surface area contributed by atoms with Crippen molar-refractivity contribution in [1.29, 1.82) is 0 Å². The van der Waals surface area contributed by atoms with Gasteiger partial charge in [-0.15, -0.1) is 0 Å². The van der Waals surface area contributed by atoms with Gasteiger partial charge in [0.05, 0.1) is 0 Å². The third-order valence-electron chi connectivity index (χ3n) is 4.40. The molecule has 2 fully saturated rings. The van der Waals surface area contributed by atoms with E-state index in [2.05, 4.69) is 18.8 Å². The average Bonchev–Trinajstić information content (AvgIpc) is 2.66. The Hall–Kier alpha value is -0.300. The highest BCUT2D eigenvalue weighted by molar-refractivity contribution is 4.95. The number of hydrogen-bond donors (Lipinski definition) is 1. The van der Waals surface area contributed by atoms with Crippen LogP contribution in [0.25, 0.3) is 0 Å². The number of hydrogen-bond acceptors (Lipinski definition) is 1. The lowest BCUT2D eigenvalue weighted by Gasteiger charge is -2.37. The third-order valence-corrected chi connectivity index (χ3v) is 4.40. The molecule has 86 valence electrons. The summed E-state index contributed by atoms with van der Waals surface area (Å²) >= 11 is 0. The molecule has 0 amide bonds.